The second kappa shape index (κ2) is 7.31. The SMILES string of the molecule is CC1c2cccc(N3CCOCC3)c2CCN1C(=O)c1cc2ncc(Cl)cn2n1. The fourth-order valence-electron chi connectivity index (χ4n) is 4.33. The van der Waals surface area contributed by atoms with Crippen molar-refractivity contribution in [1.82, 2.24) is 19.5 Å². The summed E-state index contributed by atoms with van der Waals surface area (Å²) in [6.45, 7) is 6.08. The van der Waals surface area contributed by atoms with E-state index in [0.29, 0.717) is 22.9 Å². The number of amides is 1. The summed E-state index contributed by atoms with van der Waals surface area (Å²) in [6.07, 6.45) is 4.04. The normalized spacial score (nSPS) is 19.4. The molecule has 8 heteroatoms. The summed E-state index contributed by atoms with van der Waals surface area (Å²) in [6, 6.07) is 8.10. The van der Waals surface area contributed by atoms with Gasteiger partial charge in [-0.25, -0.2) is 9.50 Å². The Morgan fingerprint density at radius 3 is 2.90 bits per heavy atom. The van der Waals surface area contributed by atoms with Crippen LogP contribution in [0.3, 0.4) is 0 Å². The molecular formula is C21H22ClN5O2. The van der Waals surface area contributed by atoms with Crippen LogP contribution in [0.15, 0.2) is 36.7 Å². The van der Waals surface area contributed by atoms with Gasteiger partial charge < -0.3 is 14.5 Å². The maximum absolute atomic E-state index is 13.2. The quantitative estimate of drug-likeness (QED) is 0.648. The van der Waals surface area contributed by atoms with Crippen molar-refractivity contribution in [3.8, 4) is 0 Å². The van der Waals surface area contributed by atoms with Crippen LogP contribution in [0.25, 0.3) is 5.65 Å². The first-order valence-corrected chi connectivity index (χ1v) is 10.3. The Kier molecular flexibility index (Phi) is 4.64. The number of carbonyl (C=O) groups is 1. The number of hydrogen-bond acceptors (Lipinski definition) is 5. The van der Waals surface area contributed by atoms with E-state index in [1.165, 1.54) is 16.8 Å². The molecular weight excluding hydrogens is 390 g/mol. The van der Waals surface area contributed by atoms with Crippen molar-refractivity contribution in [2.75, 3.05) is 37.7 Å². The minimum atomic E-state index is -0.0819. The van der Waals surface area contributed by atoms with Gasteiger partial charge in [0.1, 0.15) is 0 Å². The van der Waals surface area contributed by atoms with E-state index < -0.39 is 0 Å². The van der Waals surface area contributed by atoms with Gasteiger partial charge in [0.2, 0.25) is 0 Å². The highest BCUT2D eigenvalue weighted by Crippen LogP contribution is 2.36. The highest BCUT2D eigenvalue weighted by Gasteiger charge is 2.31. The second-order valence-corrected chi connectivity index (χ2v) is 7.91. The van der Waals surface area contributed by atoms with E-state index in [0.717, 1.165) is 32.7 Å². The molecule has 1 saturated heterocycles. The molecule has 0 aliphatic carbocycles. The lowest BCUT2D eigenvalue weighted by atomic mass is 9.91. The molecule has 29 heavy (non-hydrogen) atoms. The number of morpholine rings is 1. The first-order chi connectivity index (χ1) is 14.1. The molecule has 1 aromatic carbocycles. The lowest BCUT2D eigenvalue weighted by molar-refractivity contribution is 0.0671. The number of carbonyl (C=O) groups excluding carboxylic acids is 1. The average molecular weight is 412 g/mol. The maximum Gasteiger partial charge on any atom is 0.274 e. The number of fused-ring (bicyclic) bond motifs is 2. The summed E-state index contributed by atoms with van der Waals surface area (Å²) in [7, 11) is 0. The summed E-state index contributed by atoms with van der Waals surface area (Å²) >= 11 is 5.98. The molecule has 2 aliphatic heterocycles. The van der Waals surface area contributed by atoms with Crippen LogP contribution in [0.2, 0.25) is 5.02 Å². The molecule has 2 aromatic heterocycles. The second-order valence-electron chi connectivity index (χ2n) is 7.47. The Morgan fingerprint density at radius 1 is 1.24 bits per heavy atom. The molecule has 0 N–H and O–H groups in total. The molecule has 0 radical (unpaired) electrons. The van der Waals surface area contributed by atoms with Crippen LogP contribution in [-0.4, -0.2) is 58.3 Å². The number of nitrogens with zero attached hydrogens (tertiary/aromatic N) is 5. The van der Waals surface area contributed by atoms with E-state index in [4.69, 9.17) is 16.3 Å². The van der Waals surface area contributed by atoms with Crippen molar-refractivity contribution >= 4 is 28.8 Å². The zero-order valence-corrected chi connectivity index (χ0v) is 17.0. The van der Waals surface area contributed by atoms with Crippen LogP contribution in [0.5, 0.6) is 0 Å². The number of anilines is 1. The molecule has 5 rings (SSSR count). The molecule has 1 fully saturated rings. The third kappa shape index (κ3) is 3.24. The molecule has 150 valence electrons. The molecule has 1 atom stereocenters. The van der Waals surface area contributed by atoms with Gasteiger partial charge in [-0.3, -0.25) is 4.79 Å². The number of aromatic nitrogens is 3. The number of ether oxygens (including phenoxy) is 1. The molecule has 4 heterocycles. The van der Waals surface area contributed by atoms with E-state index in [-0.39, 0.29) is 11.9 Å². The Hall–Kier alpha value is -2.64. The van der Waals surface area contributed by atoms with Crippen molar-refractivity contribution in [1.29, 1.82) is 0 Å². The fourth-order valence-corrected chi connectivity index (χ4v) is 4.47. The molecule has 0 spiro atoms. The number of rotatable bonds is 2. The molecule has 0 bridgehead atoms. The lowest BCUT2D eigenvalue weighted by Crippen LogP contribution is -2.41. The predicted octanol–water partition coefficient (Wildman–Crippen LogP) is 2.98. The monoisotopic (exact) mass is 411 g/mol. The fraction of sp³-hybridized carbons (Fsp3) is 0.381. The van der Waals surface area contributed by atoms with E-state index in [1.54, 1.807) is 23.0 Å². The first kappa shape index (κ1) is 18.4. The number of hydrogen-bond donors (Lipinski definition) is 0. The zero-order valence-electron chi connectivity index (χ0n) is 16.2. The van der Waals surface area contributed by atoms with Gasteiger partial charge >= 0.3 is 0 Å². The van der Waals surface area contributed by atoms with Gasteiger partial charge in [0.25, 0.3) is 5.91 Å². The topological polar surface area (TPSA) is 63.0 Å². The van der Waals surface area contributed by atoms with Gasteiger partial charge in [-0.15, -0.1) is 0 Å². The summed E-state index contributed by atoms with van der Waals surface area (Å²) in [5.74, 6) is -0.0819. The Balaban J connectivity index is 1.44. The zero-order chi connectivity index (χ0) is 20.0. The van der Waals surface area contributed by atoms with Crippen LogP contribution in [-0.2, 0) is 11.2 Å². The van der Waals surface area contributed by atoms with Crippen molar-refractivity contribution < 1.29 is 9.53 Å². The highest BCUT2D eigenvalue weighted by molar-refractivity contribution is 6.30. The van der Waals surface area contributed by atoms with Gasteiger partial charge in [0.05, 0.1) is 30.5 Å². The molecule has 1 unspecified atom stereocenters. The number of benzene rings is 1. The smallest absolute Gasteiger partial charge is 0.274 e. The Labute approximate surface area is 173 Å². The summed E-state index contributed by atoms with van der Waals surface area (Å²) < 4.78 is 7.05. The minimum Gasteiger partial charge on any atom is -0.378 e. The third-order valence-corrected chi connectivity index (χ3v) is 6.02. The third-order valence-electron chi connectivity index (χ3n) is 5.82. The standard InChI is InChI=1S/C21H22ClN5O2/c1-14-16-3-2-4-19(25-7-9-29-10-8-25)17(16)5-6-26(14)21(28)18-11-20-23-12-15(22)13-27(20)24-18/h2-4,11-14H,5-10H2,1H3. The minimum absolute atomic E-state index is 0.0198. The summed E-state index contributed by atoms with van der Waals surface area (Å²) in [4.78, 5) is 21.7. The van der Waals surface area contributed by atoms with Crippen LogP contribution in [0, 0.1) is 0 Å². The molecule has 7 nitrogen and oxygen atoms in total. The van der Waals surface area contributed by atoms with Gasteiger partial charge in [0, 0.05) is 37.6 Å². The van der Waals surface area contributed by atoms with Gasteiger partial charge in [-0.2, -0.15) is 5.10 Å². The van der Waals surface area contributed by atoms with Crippen molar-refractivity contribution in [2.45, 2.75) is 19.4 Å². The van der Waals surface area contributed by atoms with Gasteiger partial charge in [0.15, 0.2) is 11.3 Å². The Bertz CT molecular complexity index is 1080. The van der Waals surface area contributed by atoms with Crippen LogP contribution >= 0.6 is 11.6 Å². The first-order valence-electron chi connectivity index (χ1n) is 9.88. The molecule has 0 saturated carbocycles. The number of halogens is 1. The lowest BCUT2D eigenvalue weighted by Gasteiger charge is -2.38. The van der Waals surface area contributed by atoms with E-state index in [1.807, 2.05) is 4.90 Å². The van der Waals surface area contributed by atoms with Gasteiger partial charge in [-0.1, -0.05) is 23.7 Å². The summed E-state index contributed by atoms with van der Waals surface area (Å²) in [5, 5.41) is 4.87. The van der Waals surface area contributed by atoms with Crippen molar-refractivity contribution in [3.63, 3.8) is 0 Å². The molecule has 1 amide bonds. The Morgan fingerprint density at radius 2 is 2.07 bits per heavy atom. The van der Waals surface area contributed by atoms with Crippen molar-refractivity contribution in [3.05, 3.63) is 58.5 Å². The molecule has 3 aromatic rings. The van der Waals surface area contributed by atoms with Crippen LogP contribution < -0.4 is 4.90 Å². The summed E-state index contributed by atoms with van der Waals surface area (Å²) in [5.41, 5.74) is 4.82. The maximum atomic E-state index is 13.2. The van der Waals surface area contributed by atoms with E-state index >= 15 is 0 Å². The average Bonchev–Trinajstić information content (AvgIpc) is 3.17. The molecule has 2 aliphatic rings. The van der Waals surface area contributed by atoms with Crippen molar-refractivity contribution in [2.24, 2.45) is 0 Å². The van der Waals surface area contributed by atoms with E-state index in [2.05, 4.69) is 40.1 Å². The van der Waals surface area contributed by atoms with Gasteiger partial charge in [-0.05, 0) is 30.5 Å². The highest BCUT2D eigenvalue weighted by atomic mass is 35.5. The largest absolute Gasteiger partial charge is 0.378 e. The van der Waals surface area contributed by atoms with Crippen LogP contribution in [0.1, 0.15) is 34.6 Å². The van der Waals surface area contributed by atoms with Crippen LogP contribution in [0.4, 0.5) is 5.69 Å². The predicted molar refractivity (Wildman–Crippen MR) is 111 cm³/mol. The van der Waals surface area contributed by atoms with E-state index in [9.17, 15) is 4.79 Å².